The minimum atomic E-state index is -3.04. The molecule has 0 unspecified atom stereocenters. The zero-order valence-corrected chi connectivity index (χ0v) is 15.7. The van der Waals surface area contributed by atoms with Gasteiger partial charge in [-0.1, -0.05) is 30.8 Å². The molecule has 0 spiro atoms. The van der Waals surface area contributed by atoms with Crippen LogP contribution in [0.15, 0.2) is 29.3 Å². The summed E-state index contributed by atoms with van der Waals surface area (Å²) in [6, 6.07) is 6.14. The zero-order valence-electron chi connectivity index (χ0n) is 14.0. The van der Waals surface area contributed by atoms with E-state index in [1.807, 2.05) is 11.8 Å². The summed E-state index contributed by atoms with van der Waals surface area (Å²) in [5.41, 5.74) is 0.968. The van der Waals surface area contributed by atoms with Gasteiger partial charge in [0.15, 0.2) is 15.0 Å². The normalized spacial score (nSPS) is 26.2. The summed E-state index contributed by atoms with van der Waals surface area (Å²) in [4.78, 5) is 18.1. The summed E-state index contributed by atoms with van der Waals surface area (Å²) in [6.07, 6.45) is 1.77. The van der Waals surface area contributed by atoms with E-state index in [2.05, 4.69) is 4.99 Å². The number of carbonyl (C=O) groups excluding carboxylic acids is 1. The molecule has 1 aromatic carbocycles. The lowest BCUT2D eigenvalue weighted by atomic mass is 10.1. The third-order valence-electron chi connectivity index (χ3n) is 4.41. The number of amidine groups is 1. The summed E-state index contributed by atoms with van der Waals surface area (Å²) >= 11 is 1.40. The zero-order chi connectivity index (χ0) is 18.0. The predicted octanol–water partition coefficient (Wildman–Crippen LogP) is 2.27. The van der Waals surface area contributed by atoms with Crippen LogP contribution in [-0.2, 0) is 21.1 Å². The minimum absolute atomic E-state index is 0.0635. The molecule has 0 radical (unpaired) electrons. The van der Waals surface area contributed by atoms with E-state index in [9.17, 15) is 17.6 Å². The van der Waals surface area contributed by atoms with Gasteiger partial charge in [-0.2, -0.15) is 4.99 Å². The maximum atomic E-state index is 13.0. The van der Waals surface area contributed by atoms with Gasteiger partial charge >= 0.3 is 0 Å². The van der Waals surface area contributed by atoms with Crippen molar-refractivity contribution in [3.8, 4) is 0 Å². The SMILES string of the molecule is CCCC(=O)N=C1S[C@H]2CS(=O)(=O)C[C@H]2N1CCc1ccc(F)cc1. The van der Waals surface area contributed by atoms with E-state index in [1.165, 1.54) is 23.9 Å². The van der Waals surface area contributed by atoms with Gasteiger partial charge in [-0.25, -0.2) is 12.8 Å². The van der Waals surface area contributed by atoms with E-state index in [0.29, 0.717) is 24.6 Å². The summed E-state index contributed by atoms with van der Waals surface area (Å²) in [5.74, 6) is -0.208. The van der Waals surface area contributed by atoms with Gasteiger partial charge in [0.1, 0.15) is 5.82 Å². The third-order valence-corrected chi connectivity index (χ3v) is 7.66. The molecular formula is C17H21FN2O3S2. The number of nitrogens with zero attached hydrogens (tertiary/aromatic N) is 2. The molecule has 1 aromatic rings. The van der Waals surface area contributed by atoms with Gasteiger partial charge in [-0.05, 0) is 30.5 Å². The van der Waals surface area contributed by atoms with Gasteiger partial charge < -0.3 is 4.90 Å². The molecule has 2 atom stereocenters. The number of sulfone groups is 1. The Morgan fingerprint density at radius 3 is 2.72 bits per heavy atom. The fraction of sp³-hybridized carbons (Fsp3) is 0.529. The van der Waals surface area contributed by atoms with Crippen LogP contribution in [0, 0.1) is 5.82 Å². The lowest BCUT2D eigenvalue weighted by Crippen LogP contribution is -2.39. The first kappa shape index (κ1) is 18.4. The Bertz CT molecular complexity index is 778. The van der Waals surface area contributed by atoms with Crippen molar-refractivity contribution in [2.75, 3.05) is 18.1 Å². The lowest BCUT2D eigenvalue weighted by Gasteiger charge is -2.24. The van der Waals surface area contributed by atoms with Gasteiger partial charge in [-0.15, -0.1) is 0 Å². The monoisotopic (exact) mass is 384 g/mol. The summed E-state index contributed by atoms with van der Waals surface area (Å²) in [5, 5.41) is 0.567. The number of rotatable bonds is 5. The highest BCUT2D eigenvalue weighted by Crippen LogP contribution is 2.38. The number of benzene rings is 1. The first-order valence-corrected chi connectivity index (χ1v) is 11.1. The Hall–Kier alpha value is -1.41. The van der Waals surface area contributed by atoms with E-state index < -0.39 is 9.84 Å². The molecule has 2 aliphatic heterocycles. The summed E-state index contributed by atoms with van der Waals surface area (Å²) in [7, 11) is -3.04. The highest BCUT2D eigenvalue weighted by molar-refractivity contribution is 8.15. The topological polar surface area (TPSA) is 66.8 Å². The van der Waals surface area contributed by atoms with Crippen molar-refractivity contribution < 1.29 is 17.6 Å². The number of hydrogen-bond donors (Lipinski definition) is 0. The number of fused-ring (bicyclic) bond motifs is 1. The lowest BCUT2D eigenvalue weighted by molar-refractivity contribution is -0.117. The van der Waals surface area contributed by atoms with E-state index in [-0.39, 0.29) is 34.5 Å². The fourth-order valence-corrected chi connectivity index (χ4v) is 7.17. The van der Waals surface area contributed by atoms with Crippen LogP contribution in [0.1, 0.15) is 25.3 Å². The molecule has 0 aliphatic carbocycles. The number of carbonyl (C=O) groups is 1. The van der Waals surface area contributed by atoms with Gasteiger partial charge in [0.2, 0.25) is 5.91 Å². The highest BCUT2D eigenvalue weighted by atomic mass is 32.2. The van der Waals surface area contributed by atoms with E-state index >= 15 is 0 Å². The maximum absolute atomic E-state index is 13.0. The smallest absolute Gasteiger partial charge is 0.248 e. The first-order valence-electron chi connectivity index (χ1n) is 8.37. The molecule has 8 heteroatoms. The van der Waals surface area contributed by atoms with Crippen LogP contribution in [0.3, 0.4) is 0 Å². The first-order chi connectivity index (χ1) is 11.9. The Kier molecular flexibility index (Phi) is 5.48. The van der Waals surface area contributed by atoms with Crippen LogP contribution < -0.4 is 0 Å². The average molecular weight is 384 g/mol. The van der Waals surface area contributed by atoms with E-state index in [1.54, 1.807) is 12.1 Å². The van der Waals surface area contributed by atoms with E-state index in [4.69, 9.17) is 0 Å². The molecule has 2 heterocycles. The van der Waals surface area contributed by atoms with E-state index in [0.717, 1.165) is 12.0 Å². The van der Waals surface area contributed by atoms with Gasteiger partial charge in [0.05, 0.1) is 17.5 Å². The third kappa shape index (κ3) is 4.41. The largest absolute Gasteiger partial charge is 0.346 e. The number of aliphatic imine (C=N–C) groups is 1. The second-order valence-electron chi connectivity index (χ2n) is 6.41. The number of halogens is 1. The molecule has 5 nitrogen and oxygen atoms in total. The van der Waals surface area contributed by atoms with Gasteiger partial charge in [-0.3, -0.25) is 4.79 Å². The molecule has 136 valence electrons. The number of amides is 1. The van der Waals surface area contributed by atoms with Crippen LogP contribution in [0.25, 0.3) is 0 Å². The van der Waals surface area contributed by atoms with Gasteiger partial charge in [0, 0.05) is 18.2 Å². The van der Waals surface area contributed by atoms with Crippen molar-refractivity contribution >= 4 is 32.7 Å². The highest BCUT2D eigenvalue weighted by Gasteiger charge is 2.48. The molecule has 0 saturated carbocycles. The Labute approximate surface area is 151 Å². The number of hydrogen-bond acceptors (Lipinski definition) is 4. The summed E-state index contributed by atoms with van der Waals surface area (Å²) < 4.78 is 36.9. The fourth-order valence-electron chi connectivity index (χ4n) is 3.17. The summed E-state index contributed by atoms with van der Waals surface area (Å²) in [6.45, 7) is 2.49. The van der Waals surface area contributed by atoms with Crippen LogP contribution in [0.4, 0.5) is 4.39 Å². The second-order valence-corrected chi connectivity index (χ2v) is 9.77. The molecule has 2 fully saturated rings. The van der Waals surface area contributed by atoms with Crippen molar-refractivity contribution in [2.45, 2.75) is 37.5 Å². The molecule has 0 aromatic heterocycles. The molecule has 2 saturated heterocycles. The molecule has 0 bridgehead atoms. The average Bonchev–Trinajstić information content (AvgIpc) is 2.98. The number of thioether (sulfide) groups is 1. The van der Waals surface area contributed by atoms with Crippen LogP contribution in [0.2, 0.25) is 0 Å². The quantitative estimate of drug-likeness (QED) is 0.779. The van der Waals surface area contributed by atoms with Crippen LogP contribution in [0.5, 0.6) is 0 Å². The Balaban J connectivity index is 1.77. The van der Waals surface area contributed by atoms with Crippen LogP contribution in [-0.4, -0.2) is 53.7 Å². The predicted molar refractivity (Wildman–Crippen MR) is 98.0 cm³/mol. The maximum Gasteiger partial charge on any atom is 0.248 e. The standard InChI is InChI=1S/C17H21FN2O3S2/c1-2-3-16(21)19-17-20(9-8-12-4-6-13(18)7-5-12)14-10-25(22,23)11-15(14)24-17/h4-7,14-15H,2-3,8-11H2,1H3/t14-,15+/m1/s1. The van der Waals surface area contributed by atoms with Crippen molar-refractivity contribution in [3.63, 3.8) is 0 Å². The minimum Gasteiger partial charge on any atom is -0.346 e. The molecule has 25 heavy (non-hydrogen) atoms. The van der Waals surface area contributed by atoms with Crippen molar-refractivity contribution in [1.82, 2.24) is 4.90 Å². The van der Waals surface area contributed by atoms with Crippen molar-refractivity contribution in [1.29, 1.82) is 0 Å². The van der Waals surface area contributed by atoms with Crippen molar-refractivity contribution in [2.24, 2.45) is 4.99 Å². The molecule has 3 rings (SSSR count). The molecule has 0 N–H and O–H groups in total. The molecular weight excluding hydrogens is 363 g/mol. The van der Waals surface area contributed by atoms with Crippen LogP contribution >= 0.6 is 11.8 Å². The second kappa shape index (κ2) is 7.45. The Morgan fingerprint density at radius 1 is 1.32 bits per heavy atom. The molecule has 2 aliphatic rings. The Morgan fingerprint density at radius 2 is 2.04 bits per heavy atom. The molecule has 1 amide bonds. The van der Waals surface area contributed by atoms with Gasteiger partial charge in [0.25, 0.3) is 0 Å². The van der Waals surface area contributed by atoms with Crippen molar-refractivity contribution in [3.05, 3.63) is 35.6 Å².